The predicted molar refractivity (Wildman–Crippen MR) is 266 cm³/mol. The van der Waals surface area contributed by atoms with Gasteiger partial charge in [0.15, 0.2) is 0 Å². The second kappa shape index (κ2) is 19.7. The van der Waals surface area contributed by atoms with Crippen LogP contribution in [0.4, 0.5) is 25.8 Å². The number of nitrogens with one attached hydrogen (secondary N) is 3. The molecular weight excluding hydrogens is 1070 g/mol. The molecule has 8 rings (SSSR count). The number of anilines is 3. The molecule has 3 N–H and O–H groups in total. The second-order valence-corrected chi connectivity index (χ2v) is 24.2. The van der Waals surface area contributed by atoms with Gasteiger partial charge in [-0.05, 0) is 123 Å². The summed E-state index contributed by atoms with van der Waals surface area (Å²) >= 11 is 4.23. The monoisotopic (exact) mass is 1120 g/mol. The summed E-state index contributed by atoms with van der Waals surface area (Å²) in [6, 6.07) is 13.8. The van der Waals surface area contributed by atoms with Gasteiger partial charge < -0.3 is 24.7 Å². The number of amides is 1. The number of fused-ring (bicyclic) bond motifs is 1. The number of hydrogen-bond acceptors (Lipinski definition) is 10. The van der Waals surface area contributed by atoms with E-state index in [-0.39, 0.29) is 27.2 Å². The van der Waals surface area contributed by atoms with E-state index < -0.39 is 22.4 Å². The fraction of sp³-hybridized carbons (Fsp3) is 0.489. The van der Waals surface area contributed by atoms with Crippen LogP contribution in [0.15, 0.2) is 89.1 Å². The van der Waals surface area contributed by atoms with Crippen molar-refractivity contribution < 1.29 is 31.5 Å². The minimum absolute atomic E-state index is 0.00221. The summed E-state index contributed by atoms with van der Waals surface area (Å²) in [6.45, 7) is 14.4. The summed E-state index contributed by atoms with van der Waals surface area (Å²) in [4.78, 5) is 26.2. The first-order valence-corrected chi connectivity index (χ1v) is 25.5. The number of piperazine rings is 1. The van der Waals surface area contributed by atoms with E-state index in [9.17, 15) is 22.0 Å². The number of nitrogens with zero attached hydrogens (tertiary/aromatic N) is 4. The van der Waals surface area contributed by atoms with Crippen LogP contribution in [0.3, 0.4) is 0 Å². The van der Waals surface area contributed by atoms with Crippen LogP contribution in [0.25, 0.3) is 11.0 Å². The van der Waals surface area contributed by atoms with Crippen molar-refractivity contribution in [2.45, 2.75) is 83.0 Å². The number of carbonyl (C=O) groups is 1. The first-order valence-electron chi connectivity index (χ1n) is 22.1. The number of hydrogen-bond donors (Lipinski definition) is 3. The van der Waals surface area contributed by atoms with Gasteiger partial charge in [-0.2, -0.15) is 0 Å². The molecule has 64 heavy (non-hydrogen) atoms. The number of allylic oxidation sites excluding steroid dienone is 2. The topological polar surface area (TPSA) is 132 Å². The predicted octanol–water partition coefficient (Wildman–Crippen LogP) is 10.8. The molecule has 1 amide bonds. The minimum Gasteiger partial charge on any atom is -0.455 e. The molecule has 1 spiro atoms. The summed E-state index contributed by atoms with van der Waals surface area (Å²) in [5, 5.41) is 4.37. The molecule has 0 atom stereocenters. The Bertz CT molecular complexity index is 2490. The van der Waals surface area contributed by atoms with Crippen LogP contribution in [-0.4, -0.2) is 88.1 Å². The van der Waals surface area contributed by atoms with Crippen LogP contribution in [0.1, 0.15) is 82.0 Å². The van der Waals surface area contributed by atoms with Gasteiger partial charge in [0.2, 0.25) is 0 Å². The van der Waals surface area contributed by atoms with Crippen molar-refractivity contribution in [3.63, 3.8) is 0 Å². The third-order valence-electron chi connectivity index (χ3n) is 13.6. The average molecular weight is 1120 g/mol. The van der Waals surface area contributed by atoms with Crippen molar-refractivity contribution in [1.82, 2.24) is 19.6 Å². The molecule has 4 heterocycles. The summed E-state index contributed by atoms with van der Waals surface area (Å²) in [7, 11) is -4.31. The minimum atomic E-state index is -4.31. The number of benzene rings is 2. The smallest absolute Gasteiger partial charge is 0.268 e. The lowest BCUT2D eigenvalue weighted by atomic mass is 9.58. The Morgan fingerprint density at radius 2 is 1.81 bits per heavy atom. The molecule has 2 aliphatic heterocycles. The van der Waals surface area contributed by atoms with Crippen LogP contribution in [0.5, 0.6) is 11.5 Å². The Hall–Kier alpha value is -3.53. The van der Waals surface area contributed by atoms with Gasteiger partial charge in [0.1, 0.15) is 17.1 Å². The molecule has 1 saturated carbocycles. The van der Waals surface area contributed by atoms with Crippen LogP contribution in [0, 0.1) is 16.7 Å². The van der Waals surface area contributed by atoms with Gasteiger partial charge in [-0.1, -0.05) is 31.6 Å². The number of halogens is 4. The molecule has 4 aliphatic rings. The fourth-order valence-electron chi connectivity index (χ4n) is 9.83. The Morgan fingerprint density at radius 1 is 1.05 bits per heavy atom. The Balaban J connectivity index is 0.965. The van der Waals surface area contributed by atoms with Gasteiger partial charge in [0.25, 0.3) is 22.4 Å². The molecule has 2 aliphatic carbocycles. The Morgan fingerprint density at radius 3 is 2.55 bits per heavy atom. The molecule has 0 unspecified atom stereocenters. The number of aromatic amines is 1. The van der Waals surface area contributed by atoms with Crippen molar-refractivity contribution in [1.29, 1.82) is 0 Å². The lowest BCUT2D eigenvalue weighted by Gasteiger charge is -2.50. The highest BCUT2D eigenvalue weighted by atomic mass is 127. The van der Waals surface area contributed by atoms with Gasteiger partial charge >= 0.3 is 0 Å². The van der Waals surface area contributed by atoms with Gasteiger partial charge in [0, 0.05) is 75.8 Å². The lowest BCUT2D eigenvalue weighted by molar-refractivity contribution is -0.0552. The molecule has 4 aromatic rings. The van der Waals surface area contributed by atoms with Gasteiger partial charge in [-0.15, -0.1) is 0 Å². The molecule has 2 aromatic carbocycles. The van der Waals surface area contributed by atoms with E-state index in [1.165, 1.54) is 30.1 Å². The molecule has 2 aromatic heterocycles. The zero-order valence-corrected chi connectivity index (χ0v) is 41.5. The SMILES string of the molecule is C=C(CCC1=C(CN2CCN(c3ccc(C(=O)NS(=O)(=O)c4ccc(NCC5CC6(CCOCC6)C5)c(N(I)I)c4)c(Oc4cnc5[nH]ccc5c4)c3)CC2)CCC(C)(C)C1)C(F)F. The number of rotatable bonds is 16. The Labute approximate surface area is 403 Å². The highest BCUT2D eigenvalue weighted by molar-refractivity contribution is 14.2. The summed E-state index contributed by atoms with van der Waals surface area (Å²) in [5.41, 5.74) is 6.26. The van der Waals surface area contributed by atoms with Crippen molar-refractivity contribution in [2.24, 2.45) is 16.7 Å². The molecule has 344 valence electrons. The molecule has 12 nitrogen and oxygen atoms in total. The largest absolute Gasteiger partial charge is 0.455 e. The molecule has 2 saturated heterocycles. The van der Waals surface area contributed by atoms with Crippen LogP contribution in [-0.2, 0) is 14.8 Å². The maximum atomic E-state index is 14.1. The molecule has 0 bridgehead atoms. The zero-order valence-electron chi connectivity index (χ0n) is 36.4. The fourth-order valence-corrected chi connectivity index (χ4v) is 11.6. The first kappa shape index (κ1) is 47.0. The lowest BCUT2D eigenvalue weighted by Crippen LogP contribution is -2.47. The summed E-state index contributed by atoms with van der Waals surface area (Å²) in [6.07, 6.45) is 9.28. The highest BCUT2D eigenvalue weighted by Gasteiger charge is 2.44. The number of ether oxygens (including phenoxy) is 2. The standard InChI is InChI=1S/C47H57F2I2N7O5S/c1-31(43(48)49)4-5-34-27-46(2,3)12-10-35(34)30-56-16-18-57(19-17-56)36-6-8-39(42(23-36)63-37-22-33-11-15-52-44(33)54-29-37)45(59)55-64(60,61)38-7-9-40(41(24-38)58(50)51)53-28-32-25-47(26-32)13-20-62-21-14-47/h6-9,11,15,22-24,29,32,43,53H,1,4-5,10,12-14,16-21,25-28,30H2,2-3H3,(H,52,54)(H,55,59). The van der Waals surface area contributed by atoms with E-state index in [1.807, 2.05) is 19.5 Å². The molecule has 3 fully saturated rings. The van der Waals surface area contributed by atoms with E-state index in [4.69, 9.17) is 9.47 Å². The first-order chi connectivity index (χ1) is 30.6. The number of sulfonamides is 1. The van der Waals surface area contributed by atoms with Crippen LogP contribution in [0.2, 0.25) is 0 Å². The van der Waals surface area contributed by atoms with Gasteiger partial charge in [0.05, 0.1) is 73.8 Å². The van der Waals surface area contributed by atoms with E-state index in [0.29, 0.717) is 54.3 Å². The van der Waals surface area contributed by atoms with Gasteiger partial charge in [-0.3, -0.25) is 11.0 Å². The maximum absolute atomic E-state index is 14.1. The number of pyridine rings is 1. The van der Waals surface area contributed by atoms with E-state index in [2.05, 4.69) is 96.0 Å². The molecule has 17 heteroatoms. The van der Waals surface area contributed by atoms with E-state index >= 15 is 0 Å². The Kier molecular flexibility index (Phi) is 14.5. The third-order valence-corrected chi connectivity index (χ3v) is 16.0. The summed E-state index contributed by atoms with van der Waals surface area (Å²) < 4.78 is 70.5. The third kappa shape index (κ3) is 11.2. The number of H-pyrrole nitrogens is 1. The van der Waals surface area contributed by atoms with E-state index in [1.54, 1.807) is 36.7 Å². The van der Waals surface area contributed by atoms with E-state index in [0.717, 1.165) is 88.3 Å². The maximum Gasteiger partial charge on any atom is 0.268 e. The van der Waals surface area contributed by atoms with Gasteiger partial charge in [-0.25, -0.2) is 26.9 Å². The van der Waals surface area contributed by atoms with Crippen LogP contribution >= 0.6 is 45.7 Å². The highest BCUT2D eigenvalue weighted by Crippen LogP contribution is 2.52. The normalized spacial score (nSPS) is 19.2. The van der Waals surface area contributed by atoms with Crippen molar-refractivity contribution in [3.8, 4) is 11.5 Å². The molecular formula is C47H57F2I2N7O5S. The second-order valence-electron chi connectivity index (χ2n) is 18.8. The summed E-state index contributed by atoms with van der Waals surface area (Å²) in [5.74, 6) is 0.310. The van der Waals surface area contributed by atoms with Crippen molar-refractivity contribution in [2.75, 3.05) is 64.0 Å². The quantitative estimate of drug-likeness (QED) is 0.0566. The van der Waals surface area contributed by atoms with Crippen molar-refractivity contribution in [3.05, 3.63) is 89.8 Å². The van der Waals surface area contributed by atoms with Crippen LogP contribution < -0.4 is 21.0 Å². The molecule has 0 radical (unpaired) electrons. The number of carbonyl (C=O) groups excluding carboxylic acids is 1. The van der Waals surface area contributed by atoms with Crippen molar-refractivity contribution >= 4 is 89.8 Å². The average Bonchev–Trinajstić information content (AvgIpc) is 3.73. The number of aromatic nitrogens is 2. The number of alkyl halides is 2. The zero-order chi connectivity index (χ0) is 45.2.